The van der Waals surface area contributed by atoms with Crippen molar-refractivity contribution in [3.8, 4) is 11.1 Å². The van der Waals surface area contributed by atoms with Crippen molar-refractivity contribution in [3.63, 3.8) is 0 Å². The van der Waals surface area contributed by atoms with Crippen LogP contribution in [0.2, 0.25) is 10.3 Å². The van der Waals surface area contributed by atoms with E-state index in [4.69, 9.17) is 23.2 Å². The first-order valence-corrected chi connectivity index (χ1v) is 7.49. The molecule has 0 radical (unpaired) electrons. The van der Waals surface area contributed by atoms with Crippen LogP contribution in [0.4, 0.5) is 4.39 Å². The Kier molecular flexibility index (Phi) is 3.60. The fourth-order valence-electron chi connectivity index (χ4n) is 1.96. The van der Waals surface area contributed by atoms with Crippen LogP contribution in [0.15, 0.2) is 24.3 Å². The molecule has 1 aromatic carbocycles. The molecule has 0 unspecified atom stereocenters. The quantitative estimate of drug-likeness (QED) is 0.419. The highest BCUT2D eigenvalue weighted by atomic mass is 127. The largest absolute Gasteiger partial charge is 0.215 e. The van der Waals surface area contributed by atoms with Gasteiger partial charge in [-0.1, -0.05) is 41.4 Å². The molecule has 0 aliphatic rings. The molecule has 0 amide bonds. The van der Waals surface area contributed by atoms with Crippen LogP contribution in [0.5, 0.6) is 0 Å². The van der Waals surface area contributed by atoms with Gasteiger partial charge in [0.15, 0.2) is 5.65 Å². The van der Waals surface area contributed by atoms with Gasteiger partial charge in [-0.25, -0.2) is 13.9 Å². The lowest BCUT2D eigenvalue weighted by molar-refractivity contribution is 0.631. The molecule has 3 aromatic rings. The van der Waals surface area contributed by atoms with Gasteiger partial charge < -0.3 is 0 Å². The Hall–Kier alpha value is -0.920. The monoisotopic (exact) mass is 421 g/mol. The molecule has 0 spiro atoms. The summed E-state index contributed by atoms with van der Waals surface area (Å²) in [4.78, 5) is 4.28. The van der Waals surface area contributed by atoms with Crippen molar-refractivity contribution in [2.45, 2.75) is 6.92 Å². The zero-order valence-electron chi connectivity index (χ0n) is 10.2. The Morgan fingerprint density at radius 3 is 2.65 bits per heavy atom. The number of aromatic nitrogens is 3. The van der Waals surface area contributed by atoms with Crippen molar-refractivity contribution in [1.82, 2.24) is 14.6 Å². The fourth-order valence-corrected chi connectivity index (χ4v) is 3.04. The minimum absolute atomic E-state index is 0.158. The molecule has 0 atom stereocenters. The lowest BCUT2D eigenvalue weighted by Gasteiger charge is -2.09. The summed E-state index contributed by atoms with van der Waals surface area (Å²) in [6.45, 7) is 1.85. The summed E-state index contributed by atoms with van der Waals surface area (Å²) in [5.74, 6) is -0.406. The normalized spacial score (nSPS) is 11.2. The summed E-state index contributed by atoms with van der Waals surface area (Å²) in [6.07, 6.45) is 0. The maximum absolute atomic E-state index is 13.9. The number of aryl methyl sites for hydroxylation is 1. The number of rotatable bonds is 1. The van der Waals surface area contributed by atoms with E-state index in [-0.39, 0.29) is 10.3 Å². The van der Waals surface area contributed by atoms with Gasteiger partial charge in [-0.15, -0.1) is 0 Å². The predicted octanol–water partition coefficient (Wildman–Crippen LogP) is 4.76. The van der Waals surface area contributed by atoms with Gasteiger partial charge in [0.25, 0.3) is 0 Å². The molecule has 0 aliphatic carbocycles. The van der Waals surface area contributed by atoms with Gasteiger partial charge in [-0.2, -0.15) is 5.10 Å². The van der Waals surface area contributed by atoms with E-state index in [1.165, 1.54) is 10.6 Å². The highest BCUT2D eigenvalue weighted by Crippen LogP contribution is 2.36. The second kappa shape index (κ2) is 5.13. The first-order valence-electron chi connectivity index (χ1n) is 5.65. The van der Waals surface area contributed by atoms with Crippen LogP contribution in [0.1, 0.15) is 5.69 Å². The molecule has 2 heterocycles. The first-order chi connectivity index (χ1) is 9.50. The van der Waals surface area contributed by atoms with E-state index in [1.54, 1.807) is 18.2 Å². The zero-order chi connectivity index (χ0) is 14.4. The predicted molar refractivity (Wildman–Crippen MR) is 85.9 cm³/mol. The Bertz CT molecular complexity index is 832. The third-order valence-electron chi connectivity index (χ3n) is 2.91. The van der Waals surface area contributed by atoms with Crippen LogP contribution in [-0.2, 0) is 0 Å². The van der Waals surface area contributed by atoms with Crippen molar-refractivity contribution in [3.05, 3.63) is 49.7 Å². The number of fused-ring (bicyclic) bond motifs is 1. The maximum Gasteiger partial charge on any atom is 0.172 e. The van der Waals surface area contributed by atoms with E-state index in [0.29, 0.717) is 16.8 Å². The second-order valence-corrected chi connectivity index (χ2v) is 5.98. The van der Waals surface area contributed by atoms with Gasteiger partial charge in [0.2, 0.25) is 0 Å². The molecule has 0 bridgehead atoms. The third-order valence-corrected chi connectivity index (χ3v) is 4.80. The van der Waals surface area contributed by atoms with E-state index in [2.05, 4.69) is 32.7 Å². The van der Waals surface area contributed by atoms with Crippen molar-refractivity contribution in [1.29, 1.82) is 0 Å². The molecule has 7 heteroatoms. The van der Waals surface area contributed by atoms with Gasteiger partial charge in [0, 0.05) is 5.56 Å². The molecule has 20 heavy (non-hydrogen) atoms. The summed E-state index contributed by atoms with van der Waals surface area (Å²) in [6, 6.07) is 6.28. The summed E-state index contributed by atoms with van der Waals surface area (Å²) in [5, 5.41) is 4.71. The van der Waals surface area contributed by atoms with Crippen molar-refractivity contribution < 1.29 is 4.39 Å². The Balaban J connectivity index is 2.41. The minimum Gasteiger partial charge on any atom is -0.215 e. The van der Waals surface area contributed by atoms with Crippen LogP contribution in [0.3, 0.4) is 0 Å². The number of halogens is 4. The zero-order valence-corrected chi connectivity index (χ0v) is 13.8. The Morgan fingerprint density at radius 1 is 1.25 bits per heavy atom. The molecule has 0 saturated heterocycles. The van der Waals surface area contributed by atoms with Gasteiger partial charge in [-0.05, 0) is 35.6 Å². The van der Waals surface area contributed by atoms with Crippen LogP contribution < -0.4 is 0 Å². The number of benzene rings is 1. The standard InChI is InChI=1S/C13H7Cl2FIN3/c1-6-10(17)13-18-11(14)9(12(15)20(13)19-6)7-4-2-3-5-8(7)16/h2-5H,1H3. The molecular formula is C13H7Cl2FIN3. The SMILES string of the molecule is Cc1nn2c(Cl)c(-c3ccccc3F)c(Cl)nc2c1I. The van der Waals surface area contributed by atoms with Crippen molar-refractivity contribution in [2.75, 3.05) is 0 Å². The summed E-state index contributed by atoms with van der Waals surface area (Å²) < 4.78 is 16.3. The third kappa shape index (κ3) is 2.08. The van der Waals surface area contributed by atoms with Gasteiger partial charge in [0.1, 0.15) is 16.1 Å². The molecule has 102 valence electrons. The lowest BCUT2D eigenvalue weighted by Crippen LogP contribution is -1.98. The van der Waals surface area contributed by atoms with Crippen LogP contribution in [0, 0.1) is 16.3 Å². The molecule has 0 N–H and O–H groups in total. The lowest BCUT2D eigenvalue weighted by atomic mass is 10.1. The van der Waals surface area contributed by atoms with Gasteiger partial charge >= 0.3 is 0 Å². The smallest absolute Gasteiger partial charge is 0.172 e. The van der Waals surface area contributed by atoms with Gasteiger partial charge in [-0.3, -0.25) is 0 Å². The molecule has 0 fully saturated rings. The first kappa shape index (κ1) is 14.0. The van der Waals surface area contributed by atoms with E-state index in [0.717, 1.165) is 9.26 Å². The van der Waals surface area contributed by atoms with Crippen LogP contribution >= 0.6 is 45.8 Å². The Labute approximate surface area is 137 Å². The van der Waals surface area contributed by atoms with Crippen molar-refractivity contribution >= 4 is 51.4 Å². The second-order valence-electron chi connectivity index (χ2n) is 4.18. The average Bonchev–Trinajstić information content (AvgIpc) is 2.69. The highest BCUT2D eigenvalue weighted by molar-refractivity contribution is 14.1. The Morgan fingerprint density at radius 2 is 1.95 bits per heavy atom. The molecule has 3 rings (SSSR count). The maximum atomic E-state index is 13.9. The van der Waals surface area contributed by atoms with E-state index >= 15 is 0 Å². The molecule has 0 saturated carbocycles. The summed E-state index contributed by atoms with van der Waals surface area (Å²) in [7, 11) is 0. The minimum atomic E-state index is -0.406. The van der Waals surface area contributed by atoms with E-state index in [1.807, 2.05) is 6.92 Å². The number of nitrogens with zero attached hydrogens (tertiary/aromatic N) is 3. The molecule has 0 aliphatic heterocycles. The molecule has 2 aromatic heterocycles. The van der Waals surface area contributed by atoms with E-state index < -0.39 is 5.82 Å². The summed E-state index contributed by atoms with van der Waals surface area (Å²) in [5.41, 5.74) is 2.01. The molecular weight excluding hydrogens is 415 g/mol. The fraction of sp³-hybridized carbons (Fsp3) is 0.0769. The number of hydrogen-bond donors (Lipinski definition) is 0. The van der Waals surface area contributed by atoms with E-state index in [9.17, 15) is 4.39 Å². The number of hydrogen-bond acceptors (Lipinski definition) is 2. The molecule has 3 nitrogen and oxygen atoms in total. The highest BCUT2D eigenvalue weighted by Gasteiger charge is 2.20. The van der Waals surface area contributed by atoms with Crippen LogP contribution in [-0.4, -0.2) is 14.6 Å². The summed E-state index contributed by atoms with van der Waals surface area (Å²) >= 11 is 14.7. The van der Waals surface area contributed by atoms with Crippen LogP contribution in [0.25, 0.3) is 16.8 Å². The average molecular weight is 422 g/mol. The van der Waals surface area contributed by atoms with Gasteiger partial charge in [0.05, 0.1) is 14.8 Å². The van der Waals surface area contributed by atoms with Crippen molar-refractivity contribution in [2.24, 2.45) is 0 Å². The topological polar surface area (TPSA) is 30.2 Å².